The van der Waals surface area contributed by atoms with Gasteiger partial charge in [-0.15, -0.1) is 0 Å². The molecule has 1 aliphatic heterocycles. The van der Waals surface area contributed by atoms with Crippen molar-refractivity contribution >= 4 is 10.0 Å². The van der Waals surface area contributed by atoms with Crippen LogP contribution in [0.5, 0.6) is 0 Å². The summed E-state index contributed by atoms with van der Waals surface area (Å²) in [5.41, 5.74) is 0.528. The molecule has 1 fully saturated rings. The second-order valence-electron chi connectivity index (χ2n) is 3.08. The minimum atomic E-state index is -3.51. The van der Waals surface area contributed by atoms with Crippen LogP contribution in [-0.2, 0) is 14.9 Å². The number of hydrogen-bond donors (Lipinski definition) is 1. The summed E-state index contributed by atoms with van der Waals surface area (Å²) in [6.07, 6.45) is 2.03. The lowest BCUT2D eigenvalue weighted by Crippen LogP contribution is -2.26. The molecule has 7 heteroatoms. The smallest absolute Gasteiger partial charge is 0.268 e. The van der Waals surface area contributed by atoms with Crippen molar-refractivity contribution in [2.45, 2.75) is 18.2 Å². The van der Waals surface area contributed by atoms with Gasteiger partial charge >= 0.3 is 0 Å². The number of hydroxylamine groups is 1. The molecular weight excluding hydrogens is 206 g/mol. The average molecular weight is 217 g/mol. The van der Waals surface area contributed by atoms with Crippen molar-refractivity contribution in [2.24, 2.45) is 0 Å². The van der Waals surface area contributed by atoms with Crippen LogP contribution in [0.1, 0.15) is 12.1 Å². The third-order valence-corrected chi connectivity index (χ3v) is 3.84. The Bertz CT molecular complexity index is 419. The Kier molecular flexibility index (Phi) is 2.30. The van der Waals surface area contributed by atoms with Gasteiger partial charge in [0, 0.05) is 6.54 Å². The quantitative estimate of drug-likeness (QED) is 0.759. The molecule has 78 valence electrons. The maximum atomic E-state index is 11.9. The van der Waals surface area contributed by atoms with E-state index in [0.717, 1.165) is 10.9 Å². The predicted octanol–water partition coefficient (Wildman–Crippen LogP) is 0.0441. The number of aromatic amines is 1. The van der Waals surface area contributed by atoms with Crippen LogP contribution in [0.25, 0.3) is 0 Å². The molecule has 1 aromatic rings. The Morgan fingerprint density at radius 2 is 2.43 bits per heavy atom. The molecule has 0 aliphatic carbocycles. The van der Waals surface area contributed by atoms with Crippen LogP contribution in [-0.4, -0.2) is 36.2 Å². The highest BCUT2D eigenvalue weighted by atomic mass is 32.2. The van der Waals surface area contributed by atoms with E-state index in [4.69, 9.17) is 4.84 Å². The number of hydrogen-bond acceptors (Lipinski definition) is 4. The van der Waals surface area contributed by atoms with E-state index in [1.54, 1.807) is 6.92 Å². The van der Waals surface area contributed by atoms with Gasteiger partial charge in [-0.2, -0.15) is 5.10 Å². The summed E-state index contributed by atoms with van der Waals surface area (Å²) in [5, 5.41) is 6.26. The lowest BCUT2D eigenvalue weighted by Gasteiger charge is -2.12. The van der Waals surface area contributed by atoms with Crippen LogP contribution >= 0.6 is 0 Å². The number of nitrogens with one attached hydrogen (secondary N) is 1. The first-order valence-corrected chi connectivity index (χ1v) is 5.72. The number of H-pyrrole nitrogens is 1. The molecule has 1 aliphatic rings. The number of aromatic nitrogens is 2. The van der Waals surface area contributed by atoms with Crippen molar-refractivity contribution < 1.29 is 13.3 Å². The molecule has 0 atom stereocenters. The molecule has 1 saturated heterocycles. The van der Waals surface area contributed by atoms with E-state index in [1.165, 1.54) is 6.20 Å². The van der Waals surface area contributed by atoms with E-state index in [-0.39, 0.29) is 4.90 Å². The van der Waals surface area contributed by atoms with E-state index < -0.39 is 10.0 Å². The topological polar surface area (TPSA) is 75.3 Å². The largest absolute Gasteiger partial charge is 0.284 e. The first-order valence-electron chi connectivity index (χ1n) is 4.28. The SMILES string of the molecule is Cc1[nH]ncc1S(=O)(=O)N1CCCO1. The zero-order valence-corrected chi connectivity index (χ0v) is 8.54. The number of aryl methyl sites for hydroxylation is 1. The average Bonchev–Trinajstić information content (AvgIpc) is 2.72. The van der Waals surface area contributed by atoms with Gasteiger partial charge in [-0.1, -0.05) is 4.47 Å². The Labute approximate surface area is 81.9 Å². The molecule has 0 saturated carbocycles. The molecule has 0 amide bonds. The Balaban J connectivity index is 2.37. The summed E-state index contributed by atoms with van der Waals surface area (Å²) in [6, 6.07) is 0. The molecule has 2 heterocycles. The van der Waals surface area contributed by atoms with Gasteiger partial charge in [0.25, 0.3) is 10.0 Å². The second-order valence-corrected chi connectivity index (χ2v) is 4.87. The fraction of sp³-hybridized carbons (Fsp3) is 0.571. The maximum absolute atomic E-state index is 11.9. The summed E-state index contributed by atoms with van der Waals surface area (Å²) < 4.78 is 24.7. The van der Waals surface area contributed by atoms with Crippen molar-refractivity contribution in [1.82, 2.24) is 14.7 Å². The highest BCUT2D eigenvalue weighted by Crippen LogP contribution is 2.20. The van der Waals surface area contributed by atoms with Gasteiger partial charge in [-0.3, -0.25) is 9.94 Å². The lowest BCUT2D eigenvalue weighted by molar-refractivity contribution is -0.0284. The van der Waals surface area contributed by atoms with E-state index in [9.17, 15) is 8.42 Å². The van der Waals surface area contributed by atoms with E-state index in [2.05, 4.69) is 10.2 Å². The molecule has 0 spiro atoms. The highest BCUT2D eigenvalue weighted by Gasteiger charge is 2.30. The fourth-order valence-electron chi connectivity index (χ4n) is 1.32. The van der Waals surface area contributed by atoms with Crippen LogP contribution in [0.3, 0.4) is 0 Å². The summed E-state index contributed by atoms with van der Waals surface area (Å²) >= 11 is 0. The maximum Gasteiger partial charge on any atom is 0.268 e. The molecule has 0 unspecified atom stereocenters. The van der Waals surface area contributed by atoms with Crippen molar-refractivity contribution in [3.05, 3.63) is 11.9 Å². The van der Waals surface area contributed by atoms with E-state index in [1.807, 2.05) is 0 Å². The molecule has 14 heavy (non-hydrogen) atoms. The van der Waals surface area contributed by atoms with Crippen LogP contribution in [0.4, 0.5) is 0 Å². The molecule has 6 nitrogen and oxygen atoms in total. The van der Waals surface area contributed by atoms with Gasteiger partial charge in [0.2, 0.25) is 0 Å². The van der Waals surface area contributed by atoms with Gasteiger partial charge in [-0.25, -0.2) is 8.42 Å². The molecule has 1 aromatic heterocycles. The van der Waals surface area contributed by atoms with Crippen molar-refractivity contribution in [3.8, 4) is 0 Å². The van der Waals surface area contributed by atoms with Crippen LogP contribution in [0.2, 0.25) is 0 Å². The van der Waals surface area contributed by atoms with Gasteiger partial charge in [0.15, 0.2) is 0 Å². The van der Waals surface area contributed by atoms with Gasteiger partial charge in [-0.05, 0) is 13.3 Å². The monoisotopic (exact) mass is 217 g/mol. The predicted molar refractivity (Wildman–Crippen MR) is 47.8 cm³/mol. The Morgan fingerprint density at radius 3 is 2.93 bits per heavy atom. The number of nitrogens with zero attached hydrogens (tertiary/aromatic N) is 2. The minimum Gasteiger partial charge on any atom is -0.284 e. The molecule has 1 N–H and O–H groups in total. The van der Waals surface area contributed by atoms with E-state index >= 15 is 0 Å². The Hall–Kier alpha value is -0.920. The summed E-state index contributed by atoms with van der Waals surface area (Å²) in [6.45, 7) is 2.53. The first kappa shape index (κ1) is 9.63. The molecule has 0 aromatic carbocycles. The molecule has 0 bridgehead atoms. The summed E-state index contributed by atoms with van der Waals surface area (Å²) in [7, 11) is -3.51. The van der Waals surface area contributed by atoms with Crippen molar-refractivity contribution in [2.75, 3.05) is 13.2 Å². The third-order valence-electron chi connectivity index (χ3n) is 2.05. The van der Waals surface area contributed by atoms with Crippen molar-refractivity contribution in [3.63, 3.8) is 0 Å². The standard InChI is InChI=1S/C7H11N3O3S/c1-6-7(5-8-9-6)14(11,12)10-3-2-4-13-10/h5H,2-4H2,1H3,(H,8,9). The fourth-order valence-corrected chi connectivity index (χ4v) is 2.74. The normalized spacial score (nSPS) is 18.9. The molecule has 2 rings (SSSR count). The third kappa shape index (κ3) is 1.43. The summed E-state index contributed by atoms with van der Waals surface area (Å²) in [5.74, 6) is 0. The van der Waals surface area contributed by atoms with Gasteiger partial charge in [0.05, 0.1) is 18.5 Å². The Morgan fingerprint density at radius 1 is 1.64 bits per heavy atom. The van der Waals surface area contributed by atoms with Crippen LogP contribution < -0.4 is 0 Å². The van der Waals surface area contributed by atoms with Crippen LogP contribution in [0, 0.1) is 6.92 Å². The minimum absolute atomic E-state index is 0.180. The zero-order chi connectivity index (χ0) is 10.2. The molecular formula is C7H11N3O3S. The van der Waals surface area contributed by atoms with E-state index in [0.29, 0.717) is 18.8 Å². The lowest BCUT2D eigenvalue weighted by atomic mass is 10.5. The second kappa shape index (κ2) is 3.34. The molecule has 0 radical (unpaired) electrons. The van der Waals surface area contributed by atoms with Crippen molar-refractivity contribution in [1.29, 1.82) is 0 Å². The zero-order valence-electron chi connectivity index (χ0n) is 7.73. The van der Waals surface area contributed by atoms with Crippen LogP contribution in [0.15, 0.2) is 11.1 Å². The number of sulfonamides is 1. The van der Waals surface area contributed by atoms with Gasteiger partial charge in [0.1, 0.15) is 4.90 Å². The first-order chi connectivity index (χ1) is 6.62. The van der Waals surface area contributed by atoms with Gasteiger partial charge < -0.3 is 0 Å². The number of rotatable bonds is 2. The summed E-state index contributed by atoms with van der Waals surface area (Å²) in [4.78, 5) is 5.18. The highest BCUT2D eigenvalue weighted by molar-refractivity contribution is 7.89.